The van der Waals surface area contributed by atoms with E-state index in [1.807, 2.05) is 17.9 Å². The molecule has 2 atom stereocenters. The molecule has 0 aromatic carbocycles. The molecule has 1 N–H and O–H groups in total. The third-order valence-corrected chi connectivity index (χ3v) is 4.38. The van der Waals surface area contributed by atoms with E-state index in [9.17, 15) is 9.59 Å². The van der Waals surface area contributed by atoms with Crippen molar-refractivity contribution in [2.24, 2.45) is 0 Å². The van der Waals surface area contributed by atoms with Gasteiger partial charge < -0.3 is 10.2 Å². The Bertz CT molecular complexity index is 741. The standard InChI is InChI=1S/C15H21N5O2.ClH/c1-11-12(2)18(10-7-16-11)14(21)6-9-20-15(22)19-8-4-3-5-13(19)17-20;/h3-5,8,11-12,16H,6-7,9-10H2,1-2H3;1H. The van der Waals surface area contributed by atoms with Crippen LogP contribution >= 0.6 is 12.4 Å². The molecule has 0 spiro atoms. The first kappa shape index (κ1) is 17.5. The fourth-order valence-corrected chi connectivity index (χ4v) is 2.87. The second kappa shape index (κ2) is 7.14. The molecule has 3 rings (SSSR count). The molecule has 0 saturated carbocycles. The number of hydrogen-bond acceptors (Lipinski definition) is 4. The predicted octanol–water partition coefficient (Wildman–Crippen LogP) is 0.517. The SMILES string of the molecule is CC1NCCN(C(=O)CCn2nc3ccccn3c2=O)C1C.Cl. The fraction of sp³-hybridized carbons (Fsp3) is 0.533. The average molecular weight is 340 g/mol. The van der Waals surface area contributed by atoms with Crippen LogP contribution in [-0.4, -0.2) is 50.2 Å². The second-order valence-corrected chi connectivity index (χ2v) is 5.76. The smallest absolute Gasteiger partial charge is 0.337 e. The first-order valence-corrected chi connectivity index (χ1v) is 7.65. The van der Waals surface area contributed by atoms with Crippen molar-refractivity contribution in [2.45, 2.75) is 38.9 Å². The van der Waals surface area contributed by atoms with E-state index in [1.54, 1.807) is 18.3 Å². The van der Waals surface area contributed by atoms with Crippen LogP contribution in [0.1, 0.15) is 20.3 Å². The van der Waals surface area contributed by atoms with Crippen LogP contribution in [0.5, 0.6) is 0 Å². The monoisotopic (exact) mass is 339 g/mol. The van der Waals surface area contributed by atoms with Crippen LogP contribution in [0.4, 0.5) is 0 Å². The number of carbonyl (C=O) groups excluding carboxylic acids is 1. The van der Waals surface area contributed by atoms with Crippen molar-refractivity contribution in [3.05, 3.63) is 34.9 Å². The van der Waals surface area contributed by atoms with Crippen molar-refractivity contribution in [1.29, 1.82) is 0 Å². The number of piperazine rings is 1. The number of pyridine rings is 1. The Morgan fingerprint density at radius 3 is 2.91 bits per heavy atom. The number of nitrogens with zero attached hydrogens (tertiary/aromatic N) is 4. The maximum absolute atomic E-state index is 12.4. The van der Waals surface area contributed by atoms with Crippen molar-refractivity contribution in [1.82, 2.24) is 24.4 Å². The molecule has 7 nitrogen and oxygen atoms in total. The Morgan fingerprint density at radius 1 is 1.39 bits per heavy atom. The largest absolute Gasteiger partial charge is 0.350 e. The number of hydrogen-bond donors (Lipinski definition) is 1. The summed E-state index contributed by atoms with van der Waals surface area (Å²) in [6.45, 7) is 5.96. The van der Waals surface area contributed by atoms with Gasteiger partial charge in [0, 0.05) is 37.8 Å². The number of halogens is 1. The van der Waals surface area contributed by atoms with Gasteiger partial charge in [-0.05, 0) is 26.0 Å². The van der Waals surface area contributed by atoms with Gasteiger partial charge in [-0.25, -0.2) is 9.48 Å². The van der Waals surface area contributed by atoms with Crippen molar-refractivity contribution < 1.29 is 4.79 Å². The Kier molecular flexibility index (Phi) is 5.43. The Hall–Kier alpha value is -1.86. The first-order valence-electron chi connectivity index (χ1n) is 7.65. The summed E-state index contributed by atoms with van der Waals surface area (Å²) in [7, 11) is 0. The summed E-state index contributed by atoms with van der Waals surface area (Å²) in [6.07, 6.45) is 1.98. The molecule has 2 unspecified atom stereocenters. The van der Waals surface area contributed by atoms with Crippen LogP contribution in [0, 0.1) is 0 Å². The molecule has 1 aliphatic rings. The molecular formula is C15H22ClN5O2. The van der Waals surface area contributed by atoms with Gasteiger partial charge in [-0.3, -0.25) is 9.20 Å². The van der Waals surface area contributed by atoms with Crippen LogP contribution < -0.4 is 11.0 Å². The van der Waals surface area contributed by atoms with Gasteiger partial charge in [0.2, 0.25) is 5.91 Å². The topological polar surface area (TPSA) is 71.6 Å². The van der Waals surface area contributed by atoms with Crippen LogP contribution in [0.2, 0.25) is 0 Å². The lowest BCUT2D eigenvalue weighted by molar-refractivity contribution is -0.135. The molecule has 1 fully saturated rings. The lowest BCUT2D eigenvalue weighted by Gasteiger charge is -2.38. The van der Waals surface area contributed by atoms with Gasteiger partial charge in [0.15, 0.2) is 5.65 Å². The number of carbonyl (C=O) groups is 1. The maximum Gasteiger partial charge on any atom is 0.350 e. The van der Waals surface area contributed by atoms with Crippen molar-refractivity contribution in [3.8, 4) is 0 Å². The average Bonchev–Trinajstić information content (AvgIpc) is 2.84. The van der Waals surface area contributed by atoms with Crippen LogP contribution in [-0.2, 0) is 11.3 Å². The van der Waals surface area contributed by atoms with E-state index >= 15 is 0 Å². The van der Waals surface area contributed by atoms with Crippen molar-refractivity contribution in [3.63, 3.8) is 0 Å². The normalized spacial score (nSPS) is 21.2. The molecule has 126 valence electrons. The fourth-order valence-electron chi connectivity index (χ4n) is 2.87. The van der Waals surface area contributed by atoms with Crippen LogP contribution in [0.3, 0.4) is 0 Å². The van der Waals surface area contributed by atoms with Gasteiger partial charge in [-0.2, -0.15) is 0 Å². The number of fused-ring (bicyclic) bond motifs is 1. The Morgan fingerprint density at radius 2 is 2.17 bits per heavy atom. The quantitative estimate of drug-likeness (QED) is 0.884. The zero-order chi connectivity index (χ0) is 15.7. The number of amides is 1. The Labute approximate surface area is 140 Å². The van der Waals surface area contributed by atoms with Crippen LogP contribution in [0.15, 0.2) is 29.2 Å². The molecule has 2 aromatic heterocycles. The summed E-state index contributed by atoms with van der Waals surface area (Å²) >= 11 is 0. The summed E-state index contributed by atoms with van der Waals surface area (Å²) in [5.41, 5.74) is 0.397. The first-order chi connectivity index (χ1) is 10.6. The molecule has 2 aromatic rings. The highest BCUT2D eigenvalue weighted by molar-refractivity contribution is 5.85. The van der Waals surface area contributed by atoms with E-state index in [0.717, 1.165) is 6.54 Å². The number of rotatable bonds is 3. The summed E-state index contributed by atoms with van der Waals surface area (Å²) < 4.78 is 2.85. The summed E-state index contributed by atoms with van der Waals surface area (Å²) in [5, 5.41) is 7.60. The van der Waals surface area contributed by atoms with E-state index in [0.29, 0.717) is 25.2 Å². The molecule has 0 bridgehead atoms. The highest BCUT2D eigenvalue weighted by Crippen LogP contribution is 2.10. The molecule has 1 aliphatic heterocycles. The van der Waals surface area contributed by atoms with Gasteiger partial charge in [0.1, 0.15) is 0 Å². The number of nitrogens with one attached hydrogen (secondary N) is 1. The van der Waals surface area contributed by atoms with Gasteiger partial charge in [0.05, 0.1) is 6.54 Å². The van der Waals surface area contributed by atoms with Gasteiger partial charge in [-0.15, -0.1) is 17.5 Å². The highest BCUT2D eigenvalue weighted by atomic mass is 35.5. The minimum Gasteiger partial charge on any atom is -0.337 e. The molecule has 0 radical (unpaired) electrons. The molecule has 8 heteroatoms. The van der Waals surface area contributed by atoms with Crippen molar-refractivity contribution >= 4 is 24.0 Å². The van der Waals surface area contributed by atoms with Crippen molar-refractivity contribution in [2.75, 3.05) is 13.1 Å². The molecule has 1 saturated heterocycles. The maximum atomic E-state index is 12.4. The minimum atomic E-state index is -0.204. The third kappa shape index (κ3) is 3.40. The third-order valence-electron chi connectivity index (χ3n) is 4.38. The molecular weight excluding hydrogens is 318 g/mol. The molecule has 23 heavy (non-hydrogen) atoms. The predicted molar refractivity (Wildman–Crippen MR) is 90.0 cm³/mol. The molecule has 1 amide bonds. The van der Waals surface area contributed by atoms with Gasteiger partial charge in [-0.1, -0.05) is 6.07 Å². The number of aromatic nitrogens is 3. The zero-order valence-corrected chi connectivity index (χ0v) is 14.1. The van der Waals surface area contributed by atoms with E-state index in [1.165, 1.54) is 9.08 Å². The van der Waals surface area contributed by atoms with Gasteiger partial charge >= 0.3 is 5.69 Å². The van der Waals surface area contributed by atoms with Gasteiger partial charge in [0.25, 0.3) is 0 Å². The van der Waals surface area contributed by atoms with E-state index < -0.39 is 0 Å². The zero-order valence-electron chi connectivity index (χ0n) is 13.3. The highest BCUT2D eigenvalue weighted by Gasteiger charge is 2.27. The summed E-state index contributed by atoms with van der Waals surface area (Å²) in [6, 6.07) is 5.85. The summed E-state index contributed by atoms with van der Waals surface area (Å²) in [5.74, 6) is 0.0739. The van der Waals surface area contributed by atoms with E-state index in [-0.39, 0.29) is 36.1 Å². The molecule has 0 aliphatic carbocycles. The lowest BCUT2D eigenvalue weighted by atomic mass is 10.1. The summed E-state index contributed by atoms with van der Waals surface area (Å²) in [4.78, 5) is 26.5. The Balaban J connectivity index is 0.00000192. The lowest BCUT2D eigenvalue weighted by Crippen LogP contribution is -2.57. The van der Waals surface area contributed by atoms with E-state index in [2.05, 4.69) is 17.3 Å². The molecule has 3 heterocycles. The van der Waals surface area contributed by atoms with E-state index in [4.69, 9.17) is 0 Å². The minimum absolute atomic E-state index is 0. The number of aryl methyl sites for hydroxylation is 1. The second-order valence-electron chi connectivity index (χ2n) is 5.76. The van der Waals surface area contributed by atoms with Crippen LogP contribution in [0.25, 0.3) is 5.65 Å².